The van der Waals surface area contributed by atoms with E-state index in [-0.39, 0.29) is 0 Å². The molecule has 0 aliphatic heterocycles. The summed E-state index contributed by atoms with van der Waals surface area (Å²) in [4.78, 5) is 6.42. The van der Waals surface area contributed by atoms with Gasteiger partial charge in [0, 0.05) is 45.3 Å². The number of rotatable bonds is 10. The molecule has 0 aliphatic carbocycles. The molecule has 5 heteroatoms. The maximum atomic E-state index is 5.08. The first kappa shape index (κ1) is 31.8. The zero-order valence-electron chi connectivity index (χ0n) is 28.8. The molecule has 0 saturated carbocycles. The average Bonchev–Trinajstić information content (AvgIpc) is 3.60. The molecule has 0 N–H and O–H groups in total. The highest BCUT2D eigenvalue weighted by atomic mass is 15.5. The van der Waals surface area contributed by atoms with Gasteiger partial charge in [-0.3, -0.25) is 0 Å². The van der Waals surface area contributed by atoms with Crippen LogP contribution in [0, 0.1) is 5.92 Å². The van der Waals surface area contributed by atoms with Crippen molar-refractivity contribution in [3.63, 3.8) is 0 Å². The first-order chi connectivity index (χ1) is 25.1. The number of nitrogens with zero attached hydrogens (tertiary/aromatic N) is 5. The van der Waals surface area contributed by atoms with Gasteiger partial charge in [-0.05, 0) is 89.8 Å². The van der Waals surface area contributed by atoms with Crippen molar-refractivity contribution in [3.05, 3.63) is 182 Å². The third-order valence-corrected chi connectivity index (χ3v) is 9.04. The molecule has 0 aliphatic rings. The lowest BCUT2D eigenvalue weighted by molar-refractivity contribution is 0.442. The molecule has 1 aromatic heterocycles. The summed E-state index contributed by atoms with van der Waals surface area (Å²) in [6.45, 7) is 5.14. The molecule has 7 aromatic carbocycles. The number of aromatic nitrogens is 3. The normalized spacial score (nSPS) is 11.2. The van der Waals surface area contributed by atoms with E-state index >= 15 is 0 Å². The van der Waals surface area contributed by atoms with Crippen molar-refractivity contribution in [3.8, 4) is 22.3 Å². The van der Waals surface area contributed by atoms with Gasteiger partial charge in [0.05, 0.1) is 6.54 Å². The monoisotopic (exact) mass is 661 g/mol. The smallest absolute Gasteiger partial charge is 0.121 e. The van der Waals surface area contributed by atoms with Crippen LogP contribution in [0.25, 0.3) is 33.3 Å². The van der Waals surface area contributed by atoms with Gasteiger partial charge < -0.3 is 9.80 Å². The van der Waals surface area contributed by atoms with Gasteiger partial charge in [-0.15, -0.1) is 0 Å². The van der Waals surface area contributed by atoms with E-state index in [2.05, 4.69) is 206 Å². The Bertz CT molecular complexity index is 2090. The van der Waals surface area contributed by atoms with Gasteiger partial charge >= 0.3 is 0 Å². The lowest BCUT2D eigenvalue weighted by Gasteiger charge is -2.25. The highest BCUT2D eigenvalue weighted by molar-refractivity contribution is 6.00. The predicted octanol–water partition coefficient (Wildman–Crippen LogP) is 12.4. The molecule has 5 nitrogen and oxygen atoms in total. The van der Waals surface area contributed by atoms with Crippen LogP contribution in [-0.2, 0) is 6.54 Å². The zero-order valence-corrected chi connectivity index (χ0v) is 28.8. The van der Waals surface area contributed by atoms with Crippen LogP contribution in [-0.4, -0.2) is 15.0 Å². The number of hydrogen-bond acceptors (Lipinski definition) is 4. The Hall–Kier alpha value is -6.46. The van der Waals surface area contributed by atoms with Gasteiger partial charge in [0.1, 0.15) is 11.0 Å². The molecule has 0 unspecified atom stereocenters. The first-order valence-electron chi connectivity index (χ1n) is 17.5. The van der Waals surface area contributed by atoms with Crippen LogP contribution in [0.2, 0.25) is 0 Å². The maximum absolute atomic E-state index is 5.08. The van der Waals surface area contributed by atoms with Crippen molar-refractivity contribution in [2.75, 3.05) is 9.80 Å². The van der Waals surface area contributed by atoms with Crippen molar-refractivity contribution in [2.45, 2.75) is 20.4 Å². The average molecular weight is 662 g/mol. The van der Waals surface area contributed by atoms with E-state index in [0.29, 0.717) is 5.92 Å². The quantitative estimate of drug-likeness (QED) is 0.146. The highest BCUT2D eigenvalue weighted by Crippen LogP contribution is 2.39. The van der Waals surface area contributed by atoms with Crippen molar-refractivity contribution in [1.29, 1.82) is 0 Å². The summed E-state index contributed by atoms with van der Waals surface area (Å²) in [6.07, 6.45) is 0. The van der Waals surface area contributed by atoms with Gasteiger partial charge in [-0.1, -0.05) is 123 Å². The molecule has 51 heavy (non-hydrogen) atoms. The van der Waals surface area contributed by atoms with E-state index in [9.17, 15) is 0 Å². The van der Waals surface area contributed by atoms with Crippen LogP contribution in [0.4, 0.5) is 34.1 Å². The molecule has 0 amide bonds. The number of anilines is 6. The lowest BCUT2D eigenvalue weighted by atomic mass is 9.97. The molecular weight excluding hydrogens is 623 g/mol. The van der Waals surface area contributed by atoms with Crippen LogP contribution in [0.1, 0.15) is 13.8 Å². The minimum Gasteiger partial charge on any atom is -0.311 e. The largest absolute Gasteiger partial charge is 0.311 e. The van der Waals surface area contributed by atoms with Crippen molar-refractivity contribution in [1.82, 2.24) is 15.0 Å². The molecular formula is C46H39N5. The summed E-state index contributed by atoms with van der Waals surface area (Å²) < 4.78 is 0. The summed E-state index contributed by atoms with van der Waals surface area (Å²) >= 11 is 0. The van der Waals surface area contributed by atoms with Crippen molar-refractivity contribution >= 4 is 45.2 Å². The zero-order chi connectivity index (χ0) is 34.6. The topological polar surface area (TPSA) is 37.2 Å². The summed E-state index contributed by atoms with van der Waals surface area (Å²) in [6, 6.07) is 63.9. The highest BCUT2D eigenvalue weighted by Gasteiger charge is 2.18. The minimum absolute atomic E-state index is 0.418. The molecule has 8 aromatic rings. The van der Waals surface area contributed by atoms with Crippen LogP contribution >= 0.6 is 0 Å². The van der Waals surface area contributed by atoms with Crippen LogP contribution < -0.4 is 9.80 Å². The van der Waals surface area contributed by atoms with Gasteiger partial charge in [-0.25, -0.2) is 0 Å². The van der Waals surface area contributed by atoms with Crippen LogP contribution in [0.3, 0.4) is 0 Å². The third kappa shape index (κ3) is 6.62. The van der Waals surface area contributed by atoms with E-state index in [1.807, 2.05) is 4.80 Å². The number of hydrogen-bond donors (Lipinski definition) is 0. The van der Waals surface area contributed by atoms with Gasteiger partial charge in [0.2, 0.25) is 0 Å². The van der Waals surface area contributed by atoms with E-state index in [1.54, 1.807) is 0 Å². The van der Waals surface area contributed by atoms with Crippen LogP contribution in [0.5, 0.6) is 0 Å². The Balaban J connectivity index is 1.17. The Morgan fingerprint density at radius 1 is 0.392 bits per heavy atom. The molecule has 0 spiro atoms. The van der Waals surface area contributed by atoms with Gasteiger partial charge in [-0.2, -0.15) is 15.0 Å². The van der Waals surface area contributed by atoms with E-state index in [4.69, 9.17) is 10.2 Å². The Morgan fingerprint density at radius 3 is 0.980 bits per heavy atom. The lowest BCUT2D eigenvalue weighted by Crippen LogP contribution is -2.09. The summed E-state index contributed by atoms with van der Waals surface area (Å²) in [7, 11) is 0. The number of benzene rings is 7. The molecule has 0 saturated heterocycles. The fourth-order valence-electron chi connectivity index (χ4n) is 6.69. The summed E-state index contributed by atoms with van der Waals surface area (Å²) in [5.41, 5.74) is 12.8. The second-order valence-corrected chi connectivity index (χ2v) is 13.1. The molecule has 0 radical (unpaired) electrons. The van der Waals surface area contributed by atoms with E-state index < -0.39 is 0 Å². The Kier molecular flexibility index (Phi) is 8.84. The SMILES string of the molecule is CC(C)Cn1nc2c(-c3ccc(N(c4ccccc4)c4ccccc4)cc3)ccc(-c3ccc(N(c4ccccc4)c4ccccc4)cc3)c2n1. The molecule has 8 rings (SSSR count). The minimum atomic E-state index is 0.418. The van der Waals surface area contributed by atoms with Crippen molar-refractivity contribution < 1.29 is 0 Å². The van der Waals surface area contributed by atoms with Crippen LogP contribution in [0.15, 0.2) is 182 Å². The molecule has 0 atom stereocenters. The van der Waals surface area contributed by atoms with Gasteiger partial charge in [0.15, 0.2) is 0 Å². The standard InChI is InChI=1S/C46H39N5/c1-34(2)33-49-47-45-43(35-23-27-41(28-24-35)50(37-15-7-3-8-16-37)38-17-9-4-10-18-38)31-32-44(46(45)48-49)36-25-29-42(30-26-36)51(39-19-11-5-12-20-39)40-21-13-6-14-22-40/h3-32,34H,33H2,1-2H3. The van der Waals surface area contributed by atoms with Gasteiger partial charge in [0.25, 0.3) is 0 Å². The fourth-order valence-corrected chi connectivity index (χ4v) is 6.69. The second kappa shape index (κ2) is 14.2. The van der Waals surface area contributed by atoms with E-state index in [1.165, 1.54) is 0 Å². The maximum Gasteiger partial charge on any atom is 0.121 e. The van der Waals surface area contributed by atoms with E-state index in [0.717, 1.165) is 74.0 Å². The molecule has 0 bridgehead atoms. The Morgan fingerprint density at radius 2 is 0.686 bits per heavy atom. The summed E-state index contributed by atoms with van der Waals surface area (Å²) in [5, 5.41) is 10.2. The fraction of sp³-hybridized carbons (Fsp3) is 0.0870. The summed E-state index contributed by atoms with van der Waals surface area (Å²) in [5.74, 6) is 0.418. The number of para-hydroxylation sites is 4. The first-order valence-corrected chi connectivity index (χ1v) is 17.5. The second-order valence-electron chi connectivity index (χ2n) is 13.1. The molecule has 1 heterocycles. The predicted molar refractivity (Wildman–Crippen MR) is 213 cm³/mol. The number of fused-ring (bicyclic) bond motifs is 1. The van der Waals surface area contributed by atoms with Crippen molar-refractivity contribution in [2.24, 2.45) is 5.92 Å². The molecule has 0 fully saturated rings. The Labute approximate surface area is 299 Å². The molecule has 248 valence electrons. The third-order valence-electron chi connectivity index (χ3n) is 9.04.